The van der Waals surface area contributed by atoms with Crippen LogP contribution in [0, 0.1) is 0 Å². The number of nitrogen functional groups attached to an aromatic ring is 1. The first kappa shape index (κ1) is 10.4. The van der Waals surface area contributed by atoms with Crippen molar-refractivity contribution in [3.05, 3.63) is 47.7 Å². The number of hydrogen-bond donors (Lipinski definition) is 1. The van der Waals surface area contributed by atoms with Crippen LogP contribution in [0.3, 0.4) is 0 Å². The summed E-state index contributed by atoms with van der Waals surface area (Å²) in [7, 11) is 0. The number of fused-ring (bicyclic) bond motifs is 1. The van der Waals surface area contributed by atoms with E-state index in [2.05, 4.69) is 9.97 Å². The van der Waals surface area contributed by atoms with Gasteiger partial charge in [0.1, 0.15) is 5.82 Å². The number of nitrogens with two attached hydrogens (primary N) is 1. The summed E-state index contributed by atoms with van der Waals surface area (Å²) in [6, 6.07) is 8.09. The maximum absolute atomic E-state index is 12.1. The number of amides is 2. The number of nitrogens with zero attached hydrogens (tertiary/aromatic N) is 3. The molecule has 88 valence electrons. The molecule has 0 unspecified atom stereocenters. The van der Waals surface area contributed by atoms with Crippen LogP contribution in [-0.2, 0) is 0 Å². The molecule has 1 aromatic carbocycles. The molecule has 0 atom stereocenters. The highest BCUT2D eigenvalue weighted by molar-refractivity contribution is 6.33. The van der Waals surface area contributed by atoms with E-state index in [-0.39, 0.29) is 11.8 Å². The SMILES string of the molecule is Nc1ccnc(N2C(=O)c3ccccc3C2=O)n1. The second-order valence-corrected chi connectivity index (χ2v) is 3.77. The lowest BCUT2D eigenvalue weighted by molar-refractivity contribution is 0.0924. The highest BCUT2D eigenvalue weighted by Gasteiger charge is 2.37. The first-order chi connectivity index (χ1) is 8.68. The summed E-state index contributed by atoms with van der Waals surface area (Å²) >= 11 is 0. The van der Waals surface area contributed by atoms with Crippen LogP contribution in [-0.4, -0.2) is 21.8 Å². The summed E-state index contributed by atoms with van der Waals surface area (Å²) in [5, 5.41) is 0. The Morgan fingerprint density at radius 3 is 2.17 bits per heavy atom. The number of imide groups is 1. The average molecular weight is 240 g/mol. The van der Waals surface area contributed by atoms with Crippen molar-refractivity contribution in [2.24, 2.45) is 0 Å². The summed E-state index contributed by atoms with van der Waals surface area (Å²) in [4.78, 5) is 32.9. The van der Waals surface area contributed by atoms with Gasteiger partial charge >= 0.3 is 0 Å². The monoisotopic (exact) mass is 240 g/mol. The largest absolute Gasteiger partial charge is 0.384 e. The van der Waals surface area contributed by atoms with Gasteiger partial charge in [-0.2, -0.15) is 4.98 Å². The molecule has 0 fully saturated rings. The number of rotatable bonds is 1. The molecule has 0 aliphatic carbocycles. The van der Waals surface area contributed by atoms with Gasteiger partial charge in [-0.1, -0.05) is 12.1 Å². The quantitative estimate of drug-likeness (QED) is 0.746. The molecule has 2 heterocycles. The predicted octanol–water partition coefficient (Wildman–Crippen LogP) is 0.859. The molecule has 2 amide bonds. The third kappa shape index (κ3) is 1.36. The van der Waals surface area contributed by atoms with Crippen molar-refractivity contribution in [3.63, 3.8) is 0 Å². The highest BCUT2D eigenvalue weighted by Crippen LogP contribution is 2.25. The minimum absolute atomic E-state index is 0.00111. The molecule has 1 aromatic heterocycles. The Bertz CT molecular complexity index is 634. The van der Waals surface area contributed by atoms with Gasteiger partial charge in [0.15, 0.2) is 0 Å². The van der Waals surface area contributed by atoms with E-state index in [0.29, 0.717) is 11.1 Å². The maximum Gasteiger partial charge on any atom is 0.268 e. The van der Waals surface area contributed by atoms with Crippen LogP contribution >= 0.6 is 0 Å². The number of aromatic nitrogens is 2. The molecule has 0 radical (unpaired) electrons. The van der Waals surface area contributed by atoms with E-state index in [1.807, 2.05) is 0 Å². The van der Waals surface area contributed by atoms with Crippen LogP contribution in [0.25, 0.3) is 0 Å². The maximum atomic E-state index is 12.1. The third-order valence-electron chi connectivity index (χ3n) is 2.66. The third-order valence-corrected chi connectivity index (χ3v) is 2.66. The minimum Gasteiger partial charge on any atom is -0.384 e. The molecular formula is C12H8N4O2. The molecule has 3 rings (SSSR count). The topological polar surface area (TPSA) is 89.2 Å². The molecule has 2 aromatic rings. The van der Waals surface area contributed by atoms with Gasteiger partial charge in [-0.15, -0.1) is 0 Å². The number of anilines is 2. The highest BCUT2D eigenvalue weighted by atomic mass is 16.2. The molecule has 0 bridgehead atoms. The summed E-state index contributed by atoms with van der Waals surface area (Å²) in [6.45, 7) is 0. The van der Waals surface area contributed by atoms with Crippen molar-refractivity contribution in [1.29, 1.82) is 0 Å². The van der Waals surface area contributed by atoms with Gasteiger partial charge < -0.3 is 5.73 Å². The number of carbonyl (C=O) groups excluding carboxylic acids is 2. The molecule has 6 heteroatoms. The fraction of sp³-hybridized carbons (Fsp3) is 0. The van der Waals surface area contributed by atoms with Gasteiger partial charge in [-0.05, 0) is 18.2 Å². The smallest absolute Gasteiger partial charge is 0.268 e. The zero-order valence-electron chi connectivity index (χ0n) is 9.20. The molecular weight excluding hydrogens is 232 g/mol. The Labute approximate surface area is 102 Å². The van der Waals surface area contributed by atoms with Crippen LogP contribution in [0.1, 0.15) is 20.7 Å². The van der Waals surface area contributed by atoms with Gasteiger partial charge in [0.2, 0.25) is 5.95 Å². The lowest BCUT2D eigenvalue weighted by Gasteiger charge is -2.10. The van der Waals surface area contributed by atoms with Crippen LogP contribution < -0.4 is 10.6 Å². The Morgan fingerprint density at radius 1 is 1.00 bits per heavy atom. The summed E-state index contributed by atoms with van der Waals surface area (Å²) < 4.78 is 0. The van der Waals surface area contributed by atoms with Gasteiger partial charge in [0.05, 0.1) is 11.1 Å². The molecule has 0 saturated heterocycles. The van der Waals surface area contributed by atoms with Crippen molar-refractivity contribution in [2.45, 2.75) is 0 Å². The van der Waals surface area contributed by atoms with Crippen molar-refractivity contribution in [1.82, 2.24) is 9.97 Å². The zero-order valence-corrected chi connectivity index (χ0v) is 9.20. The van der Waals surface area contributed by atoms with Crippen molar-refractivity contribution >= 4 is 23.6 Å². The fourth-order valence-electron chi connectivity index (χ4n) is 1.84. The first-order valence-corrected chi connectivity index (χ1v) is 5.25. The fourth-order valence-corrected chi connectivity index (χ4v) is 1.84. The van der Waals surface area contributed by atoms with E-state index in [9.17, 15) is 9.59 Å². The minimum atomic E-state index is -0.429. The summed E-state index contributed by atoms with van der Waals surface area (Å²) in [5.74, 6) is -0.653. The standard InChI is InChI=1S/C12H8N4O2/c13-9-5-6-14-12(15-9)16-10(17)7-3-1-2-4-8(7)11(16)18/h1-6H,(H2,13,14,15). The lowest BCUT2D eigenvalue weighted by Crippen LogP contribution is -2.31. The lowest BCUT2D eigenvalue weighted by atomic mass is 10.1. The first-order valence-electron chi connectivity index (χ1n) is 5.25. The van der Waals surface area contributed by atoms with E-state index in [4.69, 9.17) is 5.73 Å². The van der Waals surface area contributed by atoms with Crippen LogP contribution in [0.2, 0.25) is 0 Å². The summed E-state index contributed by atoms with van der Waals surface area (Å²) in [5.41, 5.74) is 6.23. The van der Waals surface area contributed by atoms with Crippen LogP contribution in [0.4, 0.5) is 11.8 Å². The molecule has 1 aliphatic rings. The Morgan fingerprint density at radius 2 is 1.61 bits per heavy atom. The van der Waals surface area contributed by atoms with Crippen LogP contribution in [0.5, 0.6) is 0 Å². The predicted molar refractivity (Wildman–Crippen MR) is 64.0 cm³/mol. The number of hydrogen-bond acceptors (Lipinski definition) is 5. The van der Waals surface area contributed by atoms with E-state index in [1.165, 1.54) is 12.3 Å². The second-order valence-electron chi connectivity index (χ2n) is 3.77. The van der Waals surface area contributed by atoms with Gasteiger partial charge in [-0.3, -0.25) is 9.59 Å². The Kier molecular flexibility index (Phi) is 2.09. The van der Waals surface area contributed by atoms with Gasteiger partial charge in [-0.25, -0.2) is 9.88 Å². The van der Waals surface area contributed by atoms with E-state index >= 15 is 0 Å². The van der Waals surface area contributed by atoms with Gasteiger partial charge in [0.25, 0.3) is 11.8 Å². The molecule has 18 heavy (non-hydrogen) atoms. The van der Waals surface area contributed by atoms with Crippen molar-refractivity contribution in [2.75, 3.05) is 10.6 Å². The molecule has 2 N–H and O–H groups in total. The number of carbonyl (C=O) groups is 2. The van der Waals surface area contributed by atoms with Crippen LogP contribution in [0.15, 0.2) is 36.5 Å². The van der Waals surface area contributed by atoms with E-state index < -0.39 is 11.8 Å². The molecule has 1 aliphatic heterocycles. The van der Waals surface area contributed by atoms with E-state index in [0.717, 1.165) is 4.90 Å². The zero-order chi connectivity index (χ0) is 12.7. The van der Waals surface area contributed by atoms with E-state index in [1.54, 1.807) is 24.3 Å². The van der Waals surface area contributed by atoms with Crippen molar-refractivity contribution in [3.8, 4) is 0 Å². The molecule has 0 saturated carbocycles. The average Bonchev–Trinajstić information content (AvgIpc) is 2.63. The molecule has 0 spiro atoms. The normalized spacial score (nSPS) is 13.9. The Hall–Kier alpha value is -2.76. The summed E-state index contributed by atoms with van der Waals surface area (Å²) in [6.07, 6.45) is 1.40. The second kappa shape index (κ2) is 3.63. The number of benzene rings is 1. The Balaban J connectivity index is 2.12. The molecule has 6 nitrogen and oxygen atoms in total. The van der Waals surface area contributed by atoms with Crippen molar-refractivity contribution < 1.29 is 9.59 Å². The van der Waals surface area contributed by atoms with Gasteiger partial charge in [0, 0.05) is 6.20 Å².